The maximum atomic E-state index is 12.5. The third kappa shape index (κ3) is 7.97. The van der Waals surface area contributed by atoms with Gasteiger partial charge in [-0.2, -0.15) is 5.10 Å². The van der Waals surface area contributed by atoms with Crippen LogP contribution in [0.2, 0.25) is 0 Å². The molecule has 0 radical (unpaired) electrons. The molecule has 0 fully saturated rings. The first-order chi connectivity index (χ1) is 17.9. The second-order valence-corrected chi connectivity index (χ2v) is 8.32. The summed E-state index contributed by atoms with van der Waals surface area (Å²) < 4.78 is 22.8. The van der Waals surface area contributed by atoms with Crippen LogP contribution in [0, 0.1) is 0 Å². The Labute approximate surface area is 223 Å². The van der Waals surface area contributed by atoms with Crippen LogP contribution >= 0.6 is 15.9 Å². The highest BCUT2D eigenvalue weighted by Gasteiger charge is 2.15. The fourth-order valence-electron chi connectivity index (χ4n) is 3.24. The molecule has 0 aliphatic carbocycles. The van der Waals surface area contributed by atoms with E-state index in [1.165, 1.54) is 13.3 Å². The van der Waals surface area contributed by atoms with Gasteiger partial charge in [0.2, 0.25) is 0 Å². The molecule has 0 atom stereocenters. The number of hydrogen-bond donors (Lipinski definition) is 2. The zero-order valence-electron chi connectivity index (χ0n) is 20.7. The number of methoxy groups -OCH3 is 1. The molecule has 0 bridgehead atoms. The highest BCUT2D eigenvalue weighted by Crippen LogP contribution is 2.36. The number of nitrogens with zero attached hydrogens (tertiary/aromatic N) is 1. The first kappa shape index (κ1) is 27.5. The number of hydrazone groups is 1. The first-order valence-corrected chi connectivity index (χ1v) is 12.3. The highest BCUT2D eigenvalue weighted by molar-refractivity contribution is 9.10. The number of rotatable bonds is 12. The van der Waals surface area contributed by atoms with Gasteiger partial charge in [0.05, 0.1) is 31.0 Å². The van der Waals surface area contributed by atoms with E-state index in [4.69, 9.17) is 18.9 Å². The second kappa shape index (κ2) is 13.9. The molecule has 0 heterocycles. The van der Waals surface area contributed by atoms with E-state index < -0.39 is 5.91 Å². The predicted molar refractivity (Wildman–Crippen MR) is 145 cm³/mol. The number of anilines is 1. The smallest absolute Gasteiger partial charge is 0.271 e. The van der Waals surface area contributed by atoms with Gasteiger partial charge in [0.25, 0.3) is 11.8 Å². The molecule has 3 aromatic rings. The van der Waals surface area contributed by atoms with Gasteiger partial charge in [-0.1, -0.05) is 18.2 Å². The number of carbonyl (C=O) groups excluding carboxylic acids is 2. The van der Waals surface area contributed by atoms with E-state index in [9.17, 15) is 9.59 Å². The SMILES string of the molecule is CCOc1ccc(C(=O)N/N=C/c2cc(Br)c(OCC(=O)Nc3ccccc3)c(OCC)c2)cc1OC. The summed E-state index contributed by atoms with van der Waals surface area (Å²) in [5, 5.41) is 6.81. The van der Waals surface area contributed by atoms with Gasteiger partial charge in [-0.25, -0.2) is 5.43 Å². The van der Waals surface area contributed by atoms with Crippen LogP contribution in [0.15, 0.2) is 70.2 Å². The third-order valence-electron chi connectivity index (χ3n) is 4.84. The lowest BCUT2D eigenvalue weighted by atomic mass is 10.2. The van der Waals surface area contributed by atoms with Crippen LogP contribution in [0.5, 0.6) is 23.0 Å². The van der Waals surface area contributed by atoms with Crippen LogP contribution in [0.25, 0.3) is 0 Å². The lowest BCUT2D eigenvalue weighted by molar-refractivity contribution is -0.118. The zero-order chi connectivity index (χ0) is 26.6. The number of ether oxygens (including phenoxy) is 4. The van der Waals surface area contributed by atoms with E-state index in [0.717, 1.165) is 0 Å². The molecule has 3 rings (SSSR count). The second-order valence-electron chi connectivity index (χ2n) is 7.46. The van der Waals surface area contributed by atoms with E-state index in [2.05, 4.69) is 31.8 Å². The van der Waals surface area contributed by atoms with E-state index in [0.29, 0.717) is 57.5 Å². The summed E-state index contributed by atoms with van der Waals surface area (Å²) in [5.74, 6) is 1.10. The van der Waals surface area contributed by atoms with E-state index in [1.807, 2.05) is 32.0 Å². The van der Waals surface area contributed by atoms with Crippen LogP contribution in [-0.2, 0) is 4.79 Å². The van der Waals surface area contributed by atoms with Crippen molar-refractivity contribution in [3.05, 3.63) is 76.3 Å². The van der Waals surface area contributed by atoms with Crippen molar-refractivity contribution in [2.24, 2.45) is 5.10 Å². The molecule has 0 spiro atoms. The van der Waals surface area contributed by atoms with Crippen LogP contribution in [0.3, 0.4) is 0 Å². The summed E-state index contributed by atoms with van der Waals surface area (Å²) in [6.07, 6.45) is 1.48. The molecule has 9 nitrogen and oxygen atoms in total. The zero-order valence-corrected chi connectivity index (χ0v) is 22.3. The number of halogens is 1. The summed E-state index contributed by atoms with van der Waals surface area (Å²) in [4.78, 5) is 24.8. The molecule has 0 saturated heterocycles. The molecular weight excluding hydrogens is 542 g/mol. The lowest BCUT2D eigenvalue weighted by Crippen LogP contribution is -2.20. The number of para-hydroxylation sites is 1. The molecule has 37 heavy (non-hydrogen) atoms. The number of benzene rings is 3. The quantitative estimate of drug-likeness (QED) is 0.234. The van der Waals surface area contributed by atoms with Gasteiger partial charge in [-0.15, -0.1) is 0 Å². The molecule has 2 N–H and O–H groups in total. The van der Waals surface area contributed by atoms with Crippen molar-refractivity contribution < 1.29 is 28.5 Å². The lowest BCUT2D eigenvalue weighted by Gasteiger charge is -2.14. The minimum absolute atomic E-state index is 0.206. The van der Waals surface area contributed by atoms with Crippen molar-refractivity contribution in [2.45, 2.75) is 13.8 Å². The minimum atomic E-state index is -0.411. The van der Waals surface area contributed by atoms with Crippen molar-refractivity contribution in [1.82, 2.24) is 5.43 Å². The molecule has 10 heteroatoms. The fourth-order valence-corrected chi connectivity index (χ4v) is 3.81. The van der Waals surface area contributed by atoms with Crippen molar-refractivity contribution in [2.75, 3.05) is 32.2 Å². The Morgan fingerprint density at radius 2 is 1.65 bits per heavy atom. The van der Waals surface area contributed by atoms with Gasteiger partial charge in [0.15, 0.2) is 29.6 Å². The van der Waals surface area contributed by atoms with Gasteiger partial charge >= 0.3 is 0 Å². The van der Waals surface area contributed by atoms with Gasteiger partial charge < -0.3 is 24.3 Å². The fraction of sp³-hybridized carbons (Fsp3) is 0.222. The summed E-state index contributed by atoms with van der Waals surface area (Å²) in [7, 11) is 1.51. The van der Waals surface area contributed by atoms with E-state index in [-0.39, 0.29) is 12.5 Å². The normalized spacial score (nSPS) is 10.6. The average molecular weight is 570 g/mol. The largest absolute Gasteiger partial charge is 0.493 e. The summed E-state index contributed by atoms with van der Waals surface area (Å²) in [6, 6.07) is 17.4. The standard InChI is InChI=1S/C27H28BrN3O6/c1-4-35-22-12-11-19(15-23(22)34-3)27(33)31-29-16-18-13-21(28)26(24(14-18)36-5-2)37-17-25(32)30-20-9-7-6-8-10-20/h6-16H,4-5,17H2,1-3H3,(H,30,32)(H,31,33)/b29-16+. The number of hydrogen-bond acceptors (Lipinski definition) is 7. The van der Waals surface area contributed by atoms with Crippen molar-refractivity contribution >= 4 is 39.6 Å². The maximum Gasteiger partial charge on any atom is 0.271 e. The Balaban J connectivity index is 1.66. The Morgan fingerprint density at radius 3 is 2.35 bits per heavy atom. The number of carbonyl (C=O) groups is 2. The van der Waals surface area contributed by atoms with Gasteiger partial charge in [-0.3, -0.25) is 9.59 Å². The van der Waals surface area contributed by atoms with Crippen molar-refractivity contribution in [3.8, 4) is 23.0 Å². The predicted octanol–water partition coefficient (Wildman–Crippen LogP) is 5.04. The molecule has 0 aliphatic rings. The number of amides is 2. The molecule has 194 valence electrons. The summed E-state index contributed by atoms with van der Waals surface area (Å²) in [5.41, 5.74) is 4.18. The maximum absolute atomic E-state index is 12.5. The Bertz CT molecular complexity index is 1250. The molecule has 0 unspecified atom stereocenters. The molecule has 0 aromatic heterocycles. The van der Waals surface area contributed by atoms with Crippen molar-refractivity contribution in [1.29, 1.82) is 0 Å². The number of nitrogens with one attached hydrogen (secondary N) is 2. The molecule has 3 aromatic carbocycles. The molecular formula is C27H28BrN3O6. The van der Waals surface area contributed by atoms with Crippen LogP contribution in [-0.4, -0.2) is 45.0 Å². The van der Waals surface area contributed by atoms with E-state index >= 15 is 0 Å². The Hall–Kier alpha value is -4.05. The molecule has 0 aliphatic heterocycles. The highest BCUT2D eigenvalue weighted by atomic mass is 79.9. The third-order valence-corrected chi connectivity index (χ3v) is 5.43. The molecule has 2 amide bonds. The van der Waals surface area contributed by atoms with Crippen LogP contribution < -0.4 is 29.7 Å². The topological polar surface area (TPSA) is 107 Å². The summed E-state index contributed by atoms with van der Waals surface area (Å²) in [6.45, 7) is 4.37. The average Bonchev–Trinajstić information content (AvgIpc) is 2.89. The van der Waals surface area contributed by atoms with E-state index in [1.54, 1.807) is 42.5 Å². The summed E-state index contributed by atoms with van der Waals surface area (Å²) >= 11 is 3.47. The monoisotopic (exact) mass is 569 g/mol. The minimum Gasteiger partial charge on any atom is -0.493 e. The van der Waals surface area contributed by atoms with Crippen LogP contribution in [0.4, 0.5) is 5.69 Å². The van der Waals surface area contributed by atoms with Crippen LogP contribution in [0.1, 0.15) is 29.8 Å². The van der Waals surface area contributed by atoms with Gasteiger partial charge in [-0.05, 0) is 77.8 Å². The van der Waals surface area contributed by atoms with Crippen molar-refractivity contribution in [3.63, 3.8) is 0 Å². The molecule has 0 saturated carbocycles. The Kier molecular flexibility index (Phi) is 10.3. The van der Waals surface area contributed by atoms with Gasteiger partial charge in [0, 0.05) is 11.3 Å². The first-order valence-electron chi connectivity index (χ1n) is 11.5. The van der Waals surface area contributed by atoms with Gasteiger partial charge in [0.1, 0.15) is 0 Å². The Morgan fingerprint density at radius 1 is 0.919 bits per heavy atom.